The highest BCUT2D eigenvalue weighted by Gasteiger charge is 2.13. The van der Waals surface area contributed by atoms with Gasteiger partial charge in [-0.15, -0.1) is 0 Å². The lowest BCUT2D eigenvalue weighted by molar-refractivity contribution is -0.154. The molecule has 0 bridgehead atoms. The van der Waals surface area contributed by atoms with E-state index in [1.165, 1.54) is 135 Å². The second-order valence-corrected chi connectivity index (χ2v) is 11.2. The minimum Gasteiger partial charge on any atom is -0.457 e. The Morgan fingerprint density at radius 3 is 1.58 bits per heavy atom. The number of hydrogen-bond donors (Lipinski definition) is 1. The molecule has 0 aromatic rings. The van der Waals surface area contributed by atoms with Crippen LogP contribution in [0.3, 0.4) is 0 Å². The van der Waals surface area contributed by atoms with Crippen LogP contribution in [0.4, 0.5) is 0 Å². The number of ether oxygens (including phenoxy) is 2. The molecule has 0 aliphatic carbocycles. The van der Waals surface area contributed by atoms with Crippen molar-refractivity contribution in [2.24, 2.45) is 0 Å². The first kappa shape index (κ1) is 37.1. The predicted molar refractivity (Wildman–Crippen MR) is 164 cm³/mol. The van der Waals surface area contributed by atoms with Gasteiger partial charge in [0.15, 0.2) is 0 Å². The molecule has 1 unspecified atom stereocenters. The first-order valence-electron chi connectivity index (χ1n) is 16.8. The van der Waals surface area contributed by atoms with Crippen LogP contribution >= 0.6 is 0 Å². The van der Waals surface area contributed by atoms with Crippen molar-refractivity contribution >= 4 is 5.97 Å². The van der Waals surface area contributed by atoms with Gasteiger partial charge in [0.2, 0.25) is 0 Å². The summed E-state index contributed by atoms with van der Waals surface area (Å²) in [4.78, 5) is 12.1. The van der Waals surface area contributed by atoms with Gasteiger partial charge in [-0.3, -0.25) is 4.79 Å². The van der Waals surface area contributed by atoms with Crippen LogP contribution in [0.15, 0.2) is 12.2 Å². The van der Waals surface area contributed by atoms with E-state index in [4.69, 9.17) is 9.47 Å². The van der Waals surface area contributed by atoms with E-state index in [1.807, 2.05) is 0 Å². The minimum atomic E-state index is -0.529. The van der Waals surface area contributed by atoms with Gasteiger partial charge in [0.05, 0.1) is 13.2 Å². The number of esters is 1. The SMILES string of the molecule is CCCC/C=C\CCCCCCCC(=O)OC(CO)COCCCCCCCCCCCCCCCCC. The maximum atomic E-state index is 12.1. The molecule has 0 saturated heterocycles. The molecule has 0 aliphatic heterocycles. The summed E-state index contributed by atoms with van der Waals surface area (Å²) in [7, 11) is 0. The van der Waals surface area contributed by atoms with Crippen LogP contribution in [0.5, 0.6) is 0 Å². The smallest absolute Gasteiger partial charge is 0.306 e. The number of unbranched alkanes of at least 4 members (excludes halogenated alkanes) is 21. The second kappa shape index (κ2) is 32.3. The predicted octanol–water partition coefficient (Wildman–Crippen LogP) is 10.3. The molecule has 0 aliphatic rings. The van der Waals surface area contributed by atoms with Gasteiger partial charge < -0.3 is 14.6 Å². The Morgan fingerprint density at radius 2 is 1.05 bits per heavy atom. The molecular formula is C34H66O4. The average Bonchev–Trinajstić information content (AvgIpc) is 2.92. The fourth-order valence-electron chi connectivity index (χ4n) is 4.78. The van der Waals surface area contributed by atoms with Crippen molar-refractivity contribution in [1.82, 2.24) is 0 Å². The molecular weight excluding hydrogens is 472 g/mol. The number of rotatable bonds is 31. The first-order valence-corrected chi connectivity index (χ1v) is 16.8. The number of carbonyl (C=O) groups excluding carboxylic acids is 1. The topological polar surface area (TPSA) is 55.8 Å². The molecule has 226 valence electrons. The van der Waals surface area contributed by atoms with Crippen molar-refractivity contribution < 1.29 is 19.4 Å². The lowest BCUT2D eigenvalue weighted by atomic mass is 10.0. The monoisotopic (exact) mass is 538 g/mol. The third-order valence-corrected chi connectivity index (χ3v) is 7.34. The molecule has 0 aromatic heterocycles. The zero-order valence-electron chi connectivity index (χ0n) is 25.7. The van der Waals surface area contributed by atoms with Crippen molar-refractivity contribution in [1.29, 1.82) is 0 Å². The summed E-state index contributed by atoms with van der Waals surface area (Å²) in [6.45, 7) is 5.31. The Kier molecular flexibility index (Phi) is 31.6. The molecule has 0 heterocycles. The third kappa shape index (κ3) is 29.7. The van der Waals surface area contributed by atoms with Gasteiger partial charge >= 0.3 is 5.97 Å². The molecule has 0 spiro atoms. The summed E-state index contributed by atoms with van der Waals surface area (Å²) in [5.74, 6) is -0.210. The Bertz CT molecular complexity index is 491. The van der Waals surface area contributed by atoms with Gasteiger partial charge in [-0.1, -0.05) is 148 Å². The van der Waals surface area contributed by atoms with Crippen molar-refractivity contribution in [2.45, 2.75) is 180 Å². The number of aliphatic hydroxyl groups is 1. The van der Waals surface area contributed by atoms with Crippen LogP contribution in [0, 0.1) is 0 Å². The quantitative estimate of drug-likeness (QED) is 0.0542. The average molecular weight is 539 g/mol. The number of aliphatic hydroxyl groups excluding tert-OH is 1. The van der Waals surface area contributed by atoms with E-state index in [1.54, 1.807) is 0 Å². The molecule has 38 heavy (non-hydrogen) atoms. The summed E-state index contributed by atoms with van der Waals surface area (Å²) in [5.41, 5.74) is 0. The van der Waals surface area contributed by atoms with Gasteiger partial charge in [0.25, 0.3) is 0 Å². The van der Waals surface area contributed by atoms with E-state index in [-0.39, 0.29) is 12.6 Å². The lowest BCUT2D eigenvalue weighted by Crippen LogP contribution is -2.27. The maximum Gasteiger partial charge on any atom is 0.306 e. The fourth-order valence-corrected chi connectivity index (χ4v) is 4.78. The minimum absolute atomic E-state index is 0.170. The molecule has 4 heteroatoms. The maximum absolute atomic E-state index is 12.1. The van der Waals surface area contributed by atoms with E-state index in [0.29, 0.717) is 19.6 Å². The van der Waals surface area contributed by atoms with Crippen LogP contribution in [0.1, 0.15) is 174 Å². The third-order valence-electron chi connectivity index (χ3n) is 7.34. The number of carbonyl (C=O) groups is 1. The second-order valence-electron chi connectivity index (χ2n) is 11.2. The molecule has 0 radical (unpaired) electrons. The van der Waals surface area contributed by atoms with E-state index in [2.05, 4.69) is 26.0 Å². The summed E-state index contributed by atoms with van der Waals surface area (Å²) in [6, 6.07) is 0. The largest absolute Gasteiger partial charge is 0.457 e. The summed E-state index contributed by atoms with van der Waals surface area (Å²) in [6.07, 6.45) is 35.3. The Morgan fingerprint density at radius 1 is 0.605 bits per heavy atom. The summed E-state index contributed by atoms with van der Waals surface area (Å²) >= 11 is 0. The van der Waals surface area contributed by atoms with Crippen LogP contribution in [-0.2, 0) is 14.3 Å². The van der Waals surface area contributed by atoms with Crippen molar-refractivity contribution in [3.8, 4) is 0 Å². The zero-order chi connectivity index (χ0) is 27.8. The van der Waals surface area contributed by atoms with E-state index in [9.17, 15) is 9.90 Å². The van der Waals surface area contributed by atoms with E-state index < -0.39 is 6.10 Å². The first-order chi connectivity index (χ1) is 18.7. The highest BCUT2D eigenvalue weighted by molar-refractivity contribution is 5.69. The molecule has 0 aromatic carbocycles. The van der Waals surface area contributed by atoms with Crippen molar-refractivity contribution in [3.63, 3.8) is 0 Å². The molecule has 0 fully saturated rings. The highest BCUT2D eigenvalue weighted by atomic mass is 16.6. The Labute approximate surface area is 237 Å². The standard InChI is InChI=1S/C34H66O4/c1-3-5-7-9-11-13-15-16-17-18-20-22-24-26-28-30-37-32-33(31-35)38-34(36)29-27-25-23-21-19-14-12-10-8-6-4-2/h10,12,33,35H,3-9,11,13-32H2,1-2H3/b12-10-. The van der Waals surface area contributed by atoms with Crippen molar-refractivity contribution in [2.75, 3.05) is 19.8 Å². The zero-order valence-corrected chi connectivity index (χ0v) is 25.7. The molecule has 1 N–H and O–H groups in total. The number of hydrogen-bond acceptors (Lipinski definition) is 4. The molecule has 0 rings (SSSR count). The Balaban J connectivity index is 3.41. The molecule has 1 atom stereocenters. The Hall–Kier alpha value is -0.870. The number of allylic oxidation sites excluding steroid dienone is 2. The summed E-state index contributed by atoms with van der Waals surface area (Å²) in [5, 5.41) is 9.51. The van der Waals surface area contributed by atoms with Crippen LogP contribution in [0.25, 0.3) is 0 Å². The normalized spacial score (nSPS) is 12.4. The van der Waals surface area contributed by atoms with E-state index in [0.717, 1.165) is 19.3 Å². The summed E-state index contributed by atoms with van der Waals surface area (Å²) < 4.78 is 11.1. The van der Waals surface area contributed by atoms with Gasteiger partial charge in [0, 0.05) is 13.0 Å². The fraction of sp³-hybridized carbons (Fsp3) is 0.912. The van der Waals surface area contributed by atoms with Gasteiger partial charge in [0.1, 0.15) is 6.10 Å². The lowest BCUT2D eigenvalue weighted by Gasteiger charge is -2.15. The van der Waals surface area contributed by atoms with Crippen LogP contribution in [0.2, 0.25) is 0 Å². The molecule has 4 nitrogen and oxygen atoms in total. The van der Waals surface area contributed by atoms with Gasteiger partial charge in [-0.05, 0) is 32.1 Å². The van der Waals surface area contributed by atoms with Gasteiger partial charge in [-0.2, -0.15) is 0 Å². The van der Waals surface area contributed by atoms with E-state index >= 15 is 0 Å². The van der Waals surface area contributed by atoms with Gasteiger partial charge in [-0.25, -0.2) is 0 Å². The highest BCUT2D eigenvalue weighted by Crippen LogP contribution is 2.14. The van der Waals surface area contributed by atoms with Crippen LogP contribution < -0.4 is 0 Å². The molecule has 0 saturated carbocycles. The van der Waals surface area contributed by atoms with Crippen molar-refractivity contribution in [3.05, 3.63) is 12.2 Å². The molecule has 0 amide bonds. The van der Waals surface area contributed by atoms with Crippen LogP contribution in [-0.4, -0.2) is 37.0 Å².